The zero-order valence-corrected chi connectivity index (χ0v) is 24.1. The number of carbonyl (C=O) groups excluding carboxylic acids is 2. The molecule has 5 rings (SSSR count). The van der Waals surface area contributed by atoms with Crippen LogP contribution in [0.25, 0.3) is 21.5 Å². The van der Waals surface area contributed by atoms with Crippen molar-refractivity contribution in [1.29, 1.82) is 0 Å². The minimum absolute atomic E-state index is 0.0533. The number of anilines is 2. The summed E-state index contributed by atoms with van der Waals surface area (Å²) in [5.74, 6) is -0.138. The molecule has 0 atom stereocenters. The lowest BCUT2D eigenvalue weighted by molar-refractivity contribution is -0.115. The molecule has 38 heavy (non-hydrogen) atoms. The van der Waals surface area contributed by atoms with Crippen molar-refractivity contribution in [3.05, 3.63) is 77.3 Å². The van der Waals surface area contributed by atoms with Crippen molar-refractivity contribution < 1.29 is 18.9 Å². The molecule has 0 unspecified atom stereocenters. The van der Waals surface area contributed by atoms with Crippen LogP contribution in [-0.2, 0) is 18.9 Å². The number of amides is 2. The minimum atomic E-state index is -0.420. The quantitative estimate of drug-likeness (QED) is 0.268. The molecule has 0 radical (unpaired) electrons. The van der Waals surface area contributed by atoms with Gasteiger partial charge in [-0.05, 0) is 62.1 Å². The van der Waals surface area contributed by atoms with Crippen molar-refractivity contribution in [3.8, 4) is 0 Å². The molecule has 0 spiro atoms. The first-order valence-corrected chi connectivity index (χ1v) is 13.3. The van der Waals surface area contributed by atoms with E-state index >= 15 is 0 Å². The van der Waals surface area contributed by atoms with Gasteiger partial charge in [0.15, 0.2) is 0 Å². The van der Waals surface area contributed by atoms with E-state index in [9.17, 15) is 9.59 Å². The Morgan fingerprint density at radius 3 is 1.58 bits per heavy atom. The molecule has 0 saturated carbocycles. The van der Waals surface area contributed by atoms with Gasteiger partial charge in [0.05, 0.1) is 11.2 Å². The lowest BCUT2D eigenvalue weighted by atomic mass is 9.76. The molecule has 0 aromatic heterocycles. The normalized spacial score (nSPS) is 15.6. The minimum Gasteiger partial charge on any atom is -0.399 e. The number of hydrogen-bond donors (Lipinski definition) is 2. The Kier molecular flexibility index (Phi) is 7.97. The standard InChI is InChI=1S/C18H22BNO3.C12H10BrNO/c1-12(21)20-16-11-10-15(13-8-6-7-9-14(13)16)19-22-17(2,3)18(4,5)23-19;1-8(15)14-12-7-6-11(13)9-4-2-3-5-10(9)12/h6-11H,1-5H3,(H,20,21);2-7H,1H3,(H,14,15). The zero-order chi connectivity index (χ0) is 27.7. The number of fused-ring (bicyclic) bond motifs is 2. The van der Waals surface area contributed by atoms with Gasteiger partial charge < -0.3 is 19.9 Å². The topological polar surface area (TPSA) is 76.7 Å². The van der Waals surface area contributed by atoms with Crippen molar-refractivity contribution in [1.82, 2.24) is 0 Å². The highest BCUT2D eigenvalue weighted by atomic mass is 79.9. The second-order valence-corrected chi connectivity index (χ2v) is 11.2. The first-order chi connectivity index (χ1) is 17.9. The summed E-state index contributed by atoms with van der Waals surface area (Å²) >= 11 is 3.48. The molecule has 196 valence electrons. The first-order valence-electron chi connectivity index (χ1n) is 12.5. The van der Waals surface area contributed by atoms with Crippen molar-refractivity contribution >= 4 is 73.2 Å². The first kappa shape index (κ1) is 27.8. The van der Waals surface area contributed by atoms with E-state index in [1.165, 1.54) is 13.8 Å². The molecule has 1 fully saturated rings. The monoisotopic (exact) mass is 574 g/mol. The molecule has 4 aromatic carbocycles. The van der Waals surface area contributed by atoms with Gasteiger partial charge in [0.25, 0.3) is 0 Å². The van der Waals surface area contributed by atoms with Gasteiger partial charge in [-0.3, -0.25) is 9.59 Å². The third-order valence-electron chi connectivity index (χ3n) is 6.96. The maximum absolute atomic E-state index is 11.4. The van der Waals surface area contributed by atoms with Crippen LogP contribution in [-0.4, -0.2) is 30.1 Å². The van der Waals surface area contributed by atoms with E-state index in [0.29, 0.717) is 0 Å². The van der Waals surface area contributed by atoms with Gasteiger partial charge in [0.1, 0.15) is 0 Å². The Labute approximate surface area is 232 Å². The van der Waals surface area contributed by atoms with E-state index in [-0.39, 0.29) is 23.0 Å². The highest BCUT2D eigenvalue weighted by Gasteiger charge is 2.52. The van der Waals surface area contributed by atoms with Crippen molar-refractivity contribution in [3.63, 3.8) is 0 Å². The summed E-state index contributed by atoms with van der Waals surface area (Å²) in [5.41, 5.74) is 1.87. The maximum atomic E-state index is 11.4. The van der Waals surface area contributed by atoms with E-state index in [1.807, 2.05) is 100 Å². The molecule has 0 bridgehead atoms. The van der Waals surface area contributed by atoms with Crippen molar-refractivity contribution in [2.45, 2.75) is 52.7 Å². The zero-order valence-electron chi connectivity index (χ0n) is 22.5. The molecule has 1 aliphatic rings. The van der Waals surface area contributed by atoms with Gasteiger partial charge in [0.2, 0.25) is 11.8 Å². The van der Waals surface area contributed by atoms with Crippen LogP contribution < -0.4 is 16.1 Å². The van der Waals surface area contributed by atoms with Gasteiger partial charge in [-0.1, -0.05) is 70.5 Å². The molecule has 0 aliphatic carbocycles. The lowest BCUT2D eigenvalue weighted by Gasteiger charge is -2.32. The summed E-state index contributed by atoms with van der Waals surface area (Å²) in [6, 6.07) is 23.6. The van der Waals surface area contributed by atoms with Gasteiger partial charge in [0, 0.05) is 40.5 Å². The van der Waals surface area contributed by atoms with E-state index in [4.69, 9.17) is 9.31 Å². The van der Waals surface area contributed by atoms with E-state index in [0.717, 1.165) is 42.9 Å². The predicted octanol–water partition coefficient (Wildman–Crippen LogP) is 6.66. The van der Waals surface area contributed by atoms with Gasteiger partial charge in [-0.25, -0.2) is 0 Å². The summed E-state index contributed by atoms with van der Waals surface area (Å²) in [5, 5.41) is 9.84. The fraction of sp³-hybridized carbons (Fsp3) is 0.267. The largest absolute Gasteiger partial charge is 0.495 e. The van der Waals surface area contributed by atoms with Crippen LogP contribution in [0.15, 0.2) is 77.3 Å². The predicted molar refractivity (Wildman–Crippen MR) is 160 cm³/mol. The summed E-state index contributed by atoms with van der Waals surface area (Å²) in [6.45, 7) is 11.2. The highest BCUT2D eigenvalue weighted by molar-refractivity contribution is 9.10. The van der Waals surface area contributed by atoms with Crippen LogP contribution in [0.1, 0.15) is 41.5 Å². The SMILES string of the molecule is CC(=O)Nc1ccc(B2OC(C)(C)C(C)(C)O2)c2ccccc12.CC(=O)Nc1ccc(Br)c2ccccc12. The molecule has 2 N–H and O–H groups in total. The second-order valence-electron chi connectivity index (χ2n) is 10.3. The van der Waals surface area contributed by atoms with Gasteiger partial charge in [-0.15, -0.1) is 0 Å². The number of hydrogen-bond acceptors (Lipinski definition) is 4. The van der Waals surface area contributed by atoms with E-state index in [2.05, 4.69) is 26.6 Å². The molecule has 1 heterocycles. The lowest BCUT2D eigenvalue weighted by Crippen LogP contribution is -2.41. The summed E-state index contributed by atoms with van der Waals surface area (Å²) in [7, 11) is -0.420. The fourth-order valence-corrected chi connectivity index (χ4v) is 4.84. The Bertz CT molecular complexity index is 1500. The van der Waals surface area contributed by atoms with Gasteiger partial charge >= 0.3 is 7.12 Å². The van der Waals surface area contributed by atoms with Crippen LogP contribution in [0.2, 0.25) is 0 Å². The number of halogens is 1. The Morgan fingerprint density at radius 1 is 0.658 bits per heavy atom. The highest BCUT2D eigenvalue weighted by Crippen LogP contribution is 2.37. The van der Waals surface area contributed by atoms with Crippen molar-refractivity contribution in [2.24, 2.45) is 0 Å². The second kappa shape index (κ2) is 10.9. The third kappa shape index (κ3) is 5.77. The molecule has 6 nitrogen and oxygen atoms in total. The van der Waals surface area contributed by atoms with Crippen LogP contribution in [0, 0.1) is 0 Å². The summed E-state index contributed by atoms with van der Waals surface area (Å²) in [6.07, 6.45) is 0. The fourth-order valence-electron chi connectivity index (χ4n) is 4.36. The van der Waals surface area contributed by atoms with Crippen LogP contribution in [0.5, 0.6) is 0 Å². The molecule has 4 aromatic rings. The molecule has 1 saturated heterocycles. The van der Waals surface area contributed by atoms with Crippen molar-refractivity contribution in [2.75, 3.05) is 10.6 Å². The third-order valence-corrected chi connectivity index (χ3v) is 7.65. The maximum Gasteiger partial charge on any atom is 0.495 e. The average Bonchev–Trinajstić information content (AvgIpc) is 3.07. The molecular weight excluding hydrogens is 543 g/mol. The molecule has 2 amide bonds. The molecule has 1 aliphatic heterocycles. The Hall–Kier alpha value is -3.20. The van der Waals surface area contributed by atoms with Crippen LogP contribution in [0.4, 0.5) is 11.4 Å². The Morgan fingerprint density at radius 2 is 1.08 bits per heavy atom. The van der Waals surface area contributed by atoms with Crippen LogP contribution >= 0.6 is 15.9 Å². The molecular formula is C30H32BBrN2O4. The van der Waals surface area contributed by atoms with E-state index < -0.39 is 7.12 Å². The smallest absolute Gasteiger partial charge is 0.399 e. The van der Waals surface area contributed by atoms with Crippen LogP contribution in [0.3, 0.4) is 0 Å². The number of rotatable bonds is 3. The summed E-state index contributed by atoms with van der Waals surface area (Å²) in [4.78, 5) is 22.4. The Balaban J connectivity index is 0.000000194. The van der Waals surface area contributed by atoms with Gasteiger partial charge in [-0.2, -0.15) is 0 Å². The summed E-state index contributed by atoms with van der Waals surface area (Å²) < 4.78 is 13.4. The number of benzene rings is 4. The number of carbonyl (C=O) groups is 2. The van der Waals surface area contributed by atoms with E-state index in [1.54, 1.807) is 0 Å². The average molecular weight is 575 g/mol. The molecule has 8 heteroatoms. The number of nitrogens with one attached hydrogen (secondary N) is 2.